The summed E-state index contributed by atoms with van der Waals surface area (Å²) < 4.78 is 0. The Morgan fingerprint density at radius 3 is 2.46 bits per heavy atom. The summed E-state index contributed by atoms with van der Waals surface area (Å²) in [6.45, 7) is 6.48. The van der Waals surface area contributed by atoms with Crippen molar-refractivity contribution >= 4 is 5.82 Å². The van der Waals surface area contributed by atoms with Crippen LogP contribution < -0.4 is 4.90 Å². The van der Waals surface area contributed by atoms with Crippen LogP contribution in [0.15, 0.2) is 48.7 Å². The predicted octanol–water partition coefficient (Wildman–Crippen LogP) is 1.82. The molecule has 2 fully saturated rings. The molecule has 2 atom stereocenters. The fraction of sp³-hybridized carbons (Fsp3) is 0.435. The zero-order valence-corrected chi connectivity index (χ0v) is 16.2. The van der Waals surface area contributed by atoms with E-state index < -0.39 is 0 Å². The maximum absolute atomic E-state index is 10.8. The van der Waals surface area contributed by atoms with Crippen LogP contribution >= 0.6 is 0 Å². The normalized spacial score (nSPS) is 24.1. The van der Waals surface area contributed by atoms with Crippen LogP contribution in [0.4, 0.5) is 5.82 Å². The average molecular weight is 377 g/mol. The molecule has 0 radical (unpaired) electrons. The van der Waals surface area contributed by atoms with Crippen molar-refractivity contribution in [2.75, 3.05) is 44.2 Å². The molecule has 2 saturated heterocycles. The van der Waals surface area contributed by atoms with Crippen LogP contribution in [-0.2, 0) is 6.54 Å². The molecule has 5 nitrogen and oxygen atoms in total. The number of piperazine rings is 1. The maximum Gasteiger partial charge on any atom is 0.128 e. The number of rotatable bonds is 4. The molecular formula is C23H28N4O. The second-order valence-electron chi connectivity index (χ2n) is 7.71. The number of anilines is 1. The van der Waals surface area contributed by atoms with Crippen molar-refractivity contribution in [1.29, 1.82) is 0 Å². The van der Waals surface area contributed by atoms with E-state index in [-0.39, 0.29) is 12.1 Å². The molecule has 4 rings (SSSR count). The highest BCUT2D eigenvalue weighted by Crippen LogP contribution is 2.22. The van der Waals surface area contributed by atoms with Gasteiger partial charge in [-0.2, -0.15) is 0 Å². The molecular weight excluding hydrogens is 348 g/mol. The minimum atomic E-state index is -0.305. The van der Waals surface area contributed by atoms with Gasteiger partial charge in [0.2, 0.25) is 0 Å². The van der Waals surface area contributed by atoms with E-state index >= 15 is 0 Å². The molecule has 1 aromatic heterocycles. The monoisotopic (exact) mass is 376 g/mol. The molecule has 2 aliphatic heterocycles. The van der Waals surface area contributed by atoms with E-state index in [0.717, 1.165) is 63.6 Å². The van der Waals surface area contributed by atoms with Gasteiger partial charge in [0.05, 0.1) is 6.10 Å². The summed E-state index contributed by atoms with van der Waals surface area (Å²) in [5.74, 6) is 3.70. The number of aliphatic hydroxyl groups excluding tert-OH is 1. The fourth-order valence-corrected chi connectivity index (χ4v) is 4.34. The topological polar surface area (TPSA) is 42.8 Å². The minimum Gasteiger partial charge on any atom is -0.390 e. The standard InChI is InChI=1S/C23H28N4O/c1-2-19-6-8-20(9-7-19)17-25-12-10-21(22(28)18-25)26-13-15-27(16-14-26)23-5-3-4-11-24-23/h1,3-9,11,21-22,28H,10,12-18H2/t21-,22-/m0/s1. The molecule has 28 heavy (non-hydrogen) atoms. The van der Waals surface area contributed by atoms with Gasteiger partial charge < -0.3 is 10.0 Å². The molecule has 146 valence electrons. The molecule has 3 heterocycles. The van der Waals surface area contributed by atoms with Crippen molar-refractivity contribution in [2.24, 2.45) is 0 Å². The van der Waals surface area contributed by atoms with Crippen molar-refractivity contribution in [3.05, 3.63) is 59.8 Å². The van der Waals surface area contributed by atoms with E-state index in [0.29, 0.717) is 0 Å². The summed E-state index contributed by atoms with van der Waals surface area (Å²) in [7, 11) is 0. The maximum atomic E-state index is 10.8. The first kappa shape index (κ1) is 18.9. The lowest BCUT2D eigenvalue weighted by atomic mass is 9.98. The van der Waals surface area contributed by atoms with E-state index in [9.17, 15) is 5.11 Å². The van der Waals surface area contributed by atoms with Gasteiger partial charge in [0, 0.05) is 63.6 Å². The first-order valence-electron chi connectivity index (χ1n) is 10.1. The van der Waals surface area contributed by atoms with Gasteiger partial charge in [-0.3, -0.25) is 9.80 Å². The number of aliphatic hydroxyl groups is 1. The van der Waals surface area contributed by atoms with E-state index in [1.807, 2.05) is 30.5 Å². The van der Waals surface area contributed by atoms with Crippen molar-refractivity contribution in [3.63, 3.8) is 0 Å². The zero-order valence-electron chi connectivity index (χ0n) is 16.2. The van der Waals surface area contributed by atoms with Crippen LogP contribution in [0.1, 0.15) is 17.5 Å². The van der Waals surface area contributed by atoms with Gasteiger partial charge in [-0.1, -0.05) is 24.1 Å². The van der Waals surface area contributed by atoms with Crippen LogP contribution in [0.25, 0.3) is 0 Å². The molecule has 0 spiro atoms. The summed E-state index contributed by atoms with van der Waals surface area (Å²) >= 11 is 0. The number of hydrogen-bond donors (Lipinski definition) is 1. The van der Waals surface area contributed by atoms with Gasteiger partial charge in [-0.05, 0) is 36.2 Å². The molecule has 0 saturated carbocycles. The third kappa shape index (κ3) is 4.36. The number of nitrogens with zero attached hydrogens (tertiary/aromatic N) is 4. The molecule has 2 aliphatic rings. The highest BCUT2D eigenvalue weighted by Gasteiger charge is 2.33. The van der Waals surface area contributed by atoms with Crippen molar-refractivity contribution in [2.45, 2.75) is 25.1 Å². The number of pyridine rings is 1. The molecule has 0 unspecified atom stereocenters. The first-order chi connectivity index (χ1) is 13.7. The minimum absolute atomic E-state index is 0.256. The quantitative estimate of drug-likeness (QED) is 0.825. The van der Waals surface area contributed by atoms with Crippen LogP contribution in [0, 0.1) is 12.3 Å². The second kappa shape index (κ2) is 8.74. The zero-order chi connectivity index (χ0) is 19.3. The Labute approximate surface area is 167 Å². The lowest BCUT2D eigenvalue weighted by molar-refractivity contribution is -0.0172. The SMILES string of the molecule is C#Cc1ccc(CN2CC[C@H](N3CCN(c4ccccn4)CC3)[C@@H](O)C2)cc1. The van der Waals surface area contributed by atoms with Gasteiger partial charge in [-0.25, -0.2) is 4.98 Å². The highest BCUT2D eigenvalue weighted by atomic mass is 16.3. The molecule has 0 aliphatic carbocycles. The van der Waals surface area contributed by atoms with Crippen molar-refractivity contribution < 1.29 is 5.11 Å². The highest BCUT2D eigenvalue weighted by molar-refractivity contribution is 5.38. The summed E-state index contributed by atoms with van der Waals surface area (Å²) in [5.41, 5.74) is 2.15. The van der Waals surface area contributed by atoms with Gasteiger partial charge in [0.25, 0.3) is 0 Å². The molecule has 0 amide bonds. The van der Waals surface area contributed by atoms with Gasteiger partial charge in [0.1, 0.15) is 5.82 Å². The number of hydrogen-bond acceptors (Lipinski definition) is 5. The number of benzene rings is 1. The number of piperidine rings is 1. The Bertz CT molecular complexity index is 794. The smallest absolute Gasteiger partial charge is 0.128 e. The van der Waals surface area contributed by atoms with Gasteiger partial charge >= 0.3 is 0 Å². The molecule has 0 bridgehead atoms. The number of β-amino-alcohol motifs (C(OH)–C–C–N with tert-alkyl or cyclic N) is 1. The average Bonchev–Trinajstić information content (AvgIpc) is 2.75. The summed E-state index contributed by atoms with van der Waals surface area (Å²) in [4.78, 5) is 11.6. The van der Waals surface area contributed by atoms with Crippen molar-refractivity contribution in [3.8, 4) is 12.3 Å². The number of terminal acetylenes is 1. The van der Waals surface area contributed by atoms with Crippen molar-refractivity contribution in [1.82, 2.24) is 14.8 Å². The summed E-state index contributed by atoms with van der Waals surface area (Å²) in [6, 6.07) is 14.5. The summed E-state index contributed by atoms with van der Waals surface area (Å²) in [6.07, 6.45) is 7.98. The third-order valence-corrected chi connectivity index (χ3v) is 5.91. The number of aromatic nitrogens is 1. The van der Waals surface area contributed by atoms with E-state index in [1.54, 1.807) is 0 Å². The third-order valence-electron chi connectivity index (χ3n) is 5.91. The Hall–Kier alpha value is -2.39. The lowest BCUT2D eigenvalue weighted by Gasteiger charge is -2.45. The Morgan fingerprint density at radius 1 is 1.04 bits per heavy atom. The largest absolute Gasteiger partial charge is 0.390 e. The first-order valence-corrected chi connectivity index (χ1v) is 10.1. The predicted molar refractivity (Wildman–Crippen MR) is 112 cm³/mol. The second-order valence-corrected chi connectivity index (χ2v) is 7.71. The molecule has 5 heteroatoms. The van der Waals surface area contributed by atoms with Crippen LogP contribution in [0.2, 0.25) is 0 Å². The van der Waals surface area contributed by atoms with Gasteiger partial charge in [-0.15, -0.1) is 6.42 Å². The van der Waals surface area contributed by atoms with Crippen LogP contribution in [0.3, 0.4) is 0 Å². The molecule has 2 aromatic rings. The molecule has 1 N–H and O–H groups in total. The van der Waals surface area contributed by atoms with E-state index in [1.165, 1.54) is 5.56 Å². The Kier molecular flexibility index (Phi) is 5.92. The fourth-order valence-electron chi connectivity index (χ4n) is 4.34. The molecule has 1 aromatic carbocycles. The number of likely N-dealkylation sites (tertiary alicyclic amines) is 1. The van der Waals surface area contributed by atoms with Crippen LogP contribution in [-0.4, -0.2) is 71.3 Å². The van der Waals surface area contributed by atoms with Gasteiger partial charge in [0.15, 0.2) is 0 Å². The summed E-state index contributed by atoms with van der Waals surface area (Å²) in [5, 5.41) is 10.8. The Balaban J connectivity index is 1.28. The van der Waals surface area contributed by atoms with E-state index in [4.69, 9.17) is 6.42 Å². The lowest BCUT2D eigenvalue weighted by Crippen LogP contribution is -2.58. The van der Waals surface area contributed by atoms with E-state index in [2.05, 4.69) is 43.8 Å². The van der Waals surface area contributed by atoms with Crippen LogP contribution in [0.5, 0.6) is 0 Å². The Morgan fingerprint density at radius 2 is 1.82 bits per heavy atom.